The van der Waals surface area contributed by atoms with Crippen molar-refractivity contribution in [2.45, 2.75) is 6.92 Å². The molecule has 0 bridgehead atoms. The third-order valence-corrected chi connectivity index (χ3v) is 3.98. The summed E-state index contributed by atoms with van der Waals surface area (Å²) in [5.41, 5.74) is 1.73. The molecule has 0 spiro atoms. The van der Waals surface area contributed by atoms with Gasteiger partial charge in [0.25, 0.3) is 6.01 Å². The van der Waals surface area contributed by atoms with Crippen molar-refractivity contribution < 1.29 is 13.7 Å². The predicted molar refractivity (Wildman–Crippen MR) is 77.7 cm³/mol. The van der Waals surface area contributed by atoms with Crippen LogP contribution in [0.15, 0.2) is 28.7 Å². The number of para-hydroxylation sites is 2. The first-order valence-corrected chi connectivity index (χ1v) is 6.99. The van der Waals surface area contributed by atoms with Crippen LogP contribution >= 0.6 is 0 Å². The zero-order valence-electron chi connectivity index (χ0n) is 12.0. The molecule has 106 valence electrons. The van der Waals surface area contributed by atoms with Gasteiger partial charge in [0.15, 0.2) is 11.4 Å². The first-order chi connectivity index (χ1) is 9.56. The summed E-state index contributed by atoms with van der Waals surface area (Å²) >= 11 is 0. The van der Waals surface area contributed by atoms with Crippen molar-refractivity contribution in [3.63, 3.8) is 0 Å². The van der Waals surface area contributed by atoms with Crippen LogP contribution in [-0.4, -0.2) is 55.0 Å². The largest absolute Gasteiger partial charge is 0.423 e. The van der Waals surface area contributed by atoms with Crippen LogP contribution in [0.1, 0.15) is 6.92 Å². The first kappa shape index (κ1) is 13.1. The van der Waals surface area contributed by atoms with Gasteiger partial charge in [-0.2, -0.15) is 4.98 Å². The Labute approximate surface area is 118 Å². The molecule has 0 N–H and O–H groups in total. The number of piperazine rings is 1. The molecule has 1 fully saturated rings. The number of carbonyl (C=O) groups is 1. The minimum atomic E-state index is 0.253. The molecule has 0 atom stereocenters. The Hall–Kier alpha value is -1.88. The Bertz CT molecular complexity index is 594. The van der Waals surface area contributed by atoms with Gasteiger partial charge in [-0.05, 0) is 12.1 Å². The van der Waals surface area contributed by atoms with E-state index in [9.17, 15) is 4.79 Å². The van der Waals surface area contributed by atoms with E-state index in [1.807, 2.05) is 24.3 Å². The molecule has 3 rings (SSSR count). The molecular formula is C15H20N3O2+. The SMILES string of the molecule is CC(=O)C[N+]1(C)CCN(c2nc3ccccc3o2)CC1. The van der Waals surface area contributed by atoms with E-state index in [0.717, 1.165) is 41.8 Å². The van der Waals surface area contributed by atoms with E-state index in [4.69, 9.17) is 4.42 Å². The fraction of sp³-hybridized carbons (Fsp3) is 0.467. The van der Waals surface area contributed by atoms with Crippen molar-refractivity contribution >= 4 is 22.9 Å². The summed E-state index contributed by atoms with van der Waals surface area (Å²) in [7, 11) is 2.14. The van der Waals surface area contributed by atoms with Crippen LogP contribution in [-0.2, 0) is 4.79 Å². The second kappa shape index (κ2) is 4.90. The van der Waals surface area contributed by atoms with Gasteiger partial charge in [-0.1, -0.05) is 12.1 Å². The lowest BCUT2D eigenvalue weighted by molar-refractivity contribution is -0.902. The highest BCUT2D eigenvalue weighted by Gasteiger charge is 2.31. The van der Waals surface area contributed by atoms with Gasteiger partial charge in [-0.3, -0.25) is 4.79 Å². The molecule has 0 saturated carbocycles. The van der Waals surface area contributed by atoms with Crippen LogP contribution in [0.4, 0.5) is 6.01 Å². The zero-order valence-corrected chi connectivity index (χ0v) is 12.0. The molecule has 2 aromatic rings. The average molecular weight is 274 g/mol. The number of quaternary nitrogens is 1. The molecule has 5 nitrogen and oxygen atoms in total. The number of Topliss-reactive ketones (excluding diaryl/α,β-unsaturated/α-hetero) is 1. The summed E-state index contributed by atoms with van der Waals surface area (Å²) in [5, 5.41) is 0. The fourth-order valence-electron chi connectivity index (χ4n) is 2.83. The van der Waals surface area contributed by atoms with E-state index in [0.29, 0.717) is 12.6 Å². The van der Waals surface area contributed by atoms with Crippen LogP contribution in [0, 0.1) is 0 Å². The van der Waals surface area contributed by atoms with Crippen LogP contribution in [0.2, 0.25) is 0 Å². The third kappa shape index (κ3) is 2.54. The number of nitrogens with zero attached hydrogens (tertiary/aromatic N) is 3. The maximum atomic E-state index is 11.3. The maximum absolute atomic E-state index is 11.3. The topological polar surface area (TPSA) is 46.3 Å². The van der Waals surface area contributed by atoms with Gasteiger partial charge in [0.1, 0.15) is 12.1 Å². The highest BCUT2D eigenvalue weighted by molar-refractivity contribution is 5.76. The Balaban J connectivity index is 1.73. The quantitative estimate of drug-likeness (QED) is 0.799. The zero-order chi connectivity index (χ0) is 14.2. The number of fused-ring (bicyclic) bond motifs is 1. The number of carbonyl (C=O) groups excluding carboxylic acids is 1. The fourth-order valence-corrected chi connectivity index (χ4v) is 2.83. The van der Waals surface area contributed by atoms with Gasteiger partial charge in [-0.25, -0.2) is 0 Å². The van der Waals surface area contributed by atoms with E-state index in [1.54, 1.807) is 6.92 Å². The highest BCUT2D eigenvalue weighted by atomic mass is 16.4. The van der Waals surface area contributed by atoms with Gasteiger partial charge in [0.05, 0.1) is 33.2 Å². The van der Waals surface area contributed by atoms with Gasteiger partial charge in [0, 0.05) is 6.92 Å². The molecule has 5 heteroatoms. The third-order valence-electron chi connectivity index (χ3n) is 3.98. The molecule has 0 amide bonds. The number of hydrogen-bond donors (Lipinski definition) is 0. The van der Waals surface area contributed by atoms with E-state index < -0.39 is 0 Å². The number of benzene rings is 1. The van der Waals surface area contributed by atoms with Crippen molar-refractivity contribution in [3.05, 3.63) is 24.3 Å². The second-order valence-corrected chi connectivity index (χ2v) is 5.88. The molecule has 1 aliphatic heterocycles. The summed E-state index contributed by atoms with van der Waals surface area (Å²) in [6, 6.07) is 8.51. The number of oxazole rings is 1. The summed E-state index contributed by atoms with van der Waals surface area (Å²) in [6.07, 6.45) is 0. The highest BCUT2D eigenvalue weighted by Crippen LogP contribution is 2.23. The summed E-state index contributed by atoms with van der Waals surface area (Å²) in [6.45, 7) is 5.90. The molecule has 1 aromatic heterocycles. The van der Waals surface area contributed by atoms with Crippen molar-refractivity contribution in [2.24, 2.45) is 0 Å². The maximum Gasteiger partial charge on any atom is 0.298 e. The van der Waals surface area contributed by atoms with Crippen LogP contribution in [0.25, 0.3) is 11.1 Å². The number of ketones is 1. The van der Waals surface area contributed by atoms with Gasteiger partial charge < -0.3 is 13.8 Å². The van der Waals surface area contributed by atoms with Crippen LogP contribution < -0.4 is 4.90 Å². The smallest absolute Gasteiger partial charge is 0.298 e. The molecule has 2 heterocycles. The minimum Gasteiger partial charge on any atom is -0.423 e. The van der Waals surface area contributed by atoms with Crippen molar-refractivity contribution in [2.75, 3.05) is 44.7 Å². The number of rotatable bonds is 3. The monoisotopic (exact) mass is 274 g/mol. The number of likely N-dealkylation sites (N-methyl/N-ethyl adjacent to an activating group) is 1. The van der Waals surface area contributed by atoms with Crippen molar-refractivity contribution in [1.29, 1.82) is 0 Å². The summed E-state index contributed by atoms with van der Waals surface area (Å²) < 4.78 is 6.61. The van der Waals surface area contributed by atoms with Crippen molar-refractivity contribution in [1.82, 2.24) is 4.98 Å². The van der Waals surface area contributed by atoms with Gasteiger partial charge in [-0.15, -0.1) is 0 Å². The number of anilines is 1. The average Bonchev–Trinajstić information content (AvgIpc) is 2.81. The Morgan fingerprint density at radius 3 is 2.70 bits per heavy atom. The van der Waals surface area contributed by atoms with E-state index in [-0.39, 0.29) is 5.78 Å². The molecule has 0 radical (unpaired) electrons. The second-order valence-electron chi connectivity index (χ2n) is 5.88. The molecule has 1 aromatic carbocycles. The number of aromatic nitrogens is 1. The minimum absolute atomic E-state index is 0.253. The molecule has 0 aliphatic carbocycles. The number of hydrogen-bond acceptors (Lipinski definition) is 4. The Morgan fingerprint density at radius 2 is 2.05 bits per heavy atom. The Kier molecular flexibility index (Phi) is 3.22. The first-order valence-electron chi connectivity index (χ1n) is 6.99. The molecule has 20 heavy (non-hydrogen) atoms. The van der Waals surface area contributed by atoms with Crippen LogP contribution in [0.5, 0.6) is 0 Å². The van der Waals surface area contributed by atoms with E-state index in [1.165, 1.54) is 0 Å². The Morgan fingerprint density at radius 1 is 1.35 bits per heavy atom. The normalized spacial score (nSPS) is 18.4. The standard InChI is InChI=1S/C15H20N3O2/c1-12(19)11-18(2)9-7-17(8-10-18)15-16-13-5-3-4-6-14(13)20-15/h3-6H,7-11H2,1-2H3/q+1. The molecule has 1 saturated heterocycles. The van der Waals surface area contributed by atoms with Gasteiger partial charge >= 0.3 is 0 Å². The summed E-state index contributed by atoms with van der Waals surface area (Å²) in [4.78, 5) is 18.0. The lowest BCUT2D eigenvalue weighted by Crippen LogP contribution is -2.59. The lowest BCUT2D eigenvalue weighted by Gasteiger charge is -2.40. The molecule has 1 aliphatic rings. The van der Waals surface area contributed by atoms with E-state index >= 15 is 0 Å². The van der Waals surface area contributed by atoms with Crippen molar-refractivity contribution in [3.8, 4) is 0 Å². The lowest BCUT2D eigenvalue weighted by atomic mass is 10.2. The van der Waals surface area contributed by atoms with E-state index in [2.05, 4.69) is 16.9 Å². The van der Waals surface area contributed by atoms with Gasteiger partial charge in [0.2, 0.25) is 0 Å². The molecular weight excluding hydrogens is 254 g/mol. The summed E-state index contributed by atoms with van der Waals surface area (Å²) in [5.74, 6) is 0.253. The predicted octanol–water partition coefficient (Wildman–Crippen LogP) is 1.68. The molecule has 0 unspecified atom stereocenters. The van der Waals surface area contributed by atoms with Crippen LogP contribution in [0.3, 0.4) is 0 Å².